The van der Waals surface area contributed by atoms with Crippen LogP contribution < -0.4 is 0 Å². The average molecular weight is 237 g/mol. The Morgan fingerprint density at radius 1 is 1.59 bits per heavy atom. The minimum Gasteiger partial charge on any atom is -0.461 e. The molecule has 1 unspecified atom stereocenters. The van der Waals surface area contributed by atoms with Gasteiger partial charge in [-0.25, -0.2) is 0 Å². The molecule has 1 aliphatic heterocycles. The topological polar surface area (TPSA) is 42.7 Å². The molecule has 4 heteroatoms. The van der Waals surface area contributed by atoms with Crippen LogP contribution in [0.25, 0.3) is 0 Å². The number of hydrogen-bond donors (Lipinski definition) is 0. The maximum atomic E-state index is 11.9. The lowest BCUT2D eigenvalue weighted by atomic mass is 10.1. The maximum absolute atomic E-state index is 11.9. The molecule has 1 aliphatic rings. The first-order chi connectivity index (χ1) is 7.96. The molecule has 2 rings (SSSR count). The first-order valence-electron chi connectivity index (χ1n) is 5.93. The molecule has 0 radical (unpaired) electrons. The van der Waals surface area contributed by atoms with E-state index in [2.05, 4.69) is 4.90 Å². The number of ketones is 1. The highest BCUT2D eigenvalue weighted by Crippen LogP contribution is 2.20. The zero-order valence-corrected chi connectivity index (χ0v) is 10.6. The van der Waals surface area contributed by atoms with E-state index in [-0.39, 0.29) is 17.5 Å². The second-order valence-electron chi connectivity index (χ2n) is 5.26. The Kier molecular flexibility index (Phi) is 3.35. The summed E-state index contributed by atoms with van der Waals surface area (Å²) >= 11 is 0. The zero-order chi connectivity index (χ0) is 12.5. The Balaban J connectivity index is 1.97. The number of nitrogens with zero attached hydrogens (tertiary/aromatic N) is 1. The number of ether oxygens (including phenoxy) is 1. The lowest BCUT2D eigenvalue weighted by Gasteiger charge is -2.41. The van der Waals surface area contributed by atoms with Crippen LogP contribution in [0, 0.1) is 0 Å². The molecule has 0 amide bonds. The molecule has 4 nitrogen and oxygen atoms in total. The zero-order valence-electron chi connectivity index (χ0n) is 10.6. The molecule has 0 saturated carbocycles. The van der Waals surface area contributed by atoms with Gasteiger partial charge in [-0.1, -0.05) is 0 Å². The molecular formula is C13H19NO3. The SMILES string of the molecule is CC1CN(CC(=O)c2ccco2)CC(C)(C)O1. The van der Waals surface area contributed by atoms with Crippen LogP contribution >= 0.6 is 0 Å². The fourth-order valence-corrected chi connectivity index (χ4v) is 2.42. The van der Waals surface area contributed by atoms with Crippen molar-refractivity contribution in [2.45, 2.75) is 32.5 Å². The van der Waals surface area contributed by atoms with Crippen molar-refractivity contribution in [3.63, 3.8) is 0 Å². The highest BCUT2D eigenvalue weighted by atomic mass is 16.5. The number of hydrogen-bond acceptors (Lipinski definition) is 4. The summed E-state index contributed by atoms with van der Waals surface area (Å²) in [4.78, 5) is 14.0. The van der Waals surface area contributed by atoms with E-state index in [1.54, 1.807) is 12.1 Å². The Morgan fingerprint density at radius 3 is 2.94 bits per heavy atom. The standard InChI is InChI=1S/C13H19NO3/c1-10-7-14(9-13(2,3)17-10)8-11(15)12-5-4-6-16-12/h4-6,10H,7-9H2,1-3H3. The minimum atomic E-state index is -0.193. The van der Waals surface area contributed by atoms with Gasteiger partial charge in [0, 0.05) is 13.1 Å². The van der Waals surface area contributed by atoms with Gasteiger partial charge < -0.3 is 9.15 Å². The Labute approximate surface area is 102 Å². The van der Waals surface area contributed by atoms with Crippen LogP contribution in [0.4, 0.5) is 0 Å². The van der Waals surface area contributed by atoms with Gasteiger partial charge in [0.25, 0.3) is 0 Å². The largest absolute Gasteiger partial charge is 0.461 e. The van der Waals surface area contributed by atoms with Crippen molar-refractivity contribution >= 4 is 5.78 Å². The third kappa shape index (κ3) is 3.17. The highest BCUT2D eigenvalue weighted by molar-refractivity contribution is 5.95. The van der Waals surface area contributed by atoms with Crippen LogP contribution in [0.5, 0.6) is 0 Å². The Bertz CT molecular complexity index is 383. The summed E-state index contributed by atoms with van der Waals surface area (Å²) in [6, 6.07) is 3.44. The monoisotopic (exact) mass is 237 g/mol. The molecule has 1 aromatic rings. The molecule has 1 fully saturated rings. The fourth-order valence-electron chi connectivity index (χ4n) is 2.42. The van der Waals surface area contributed by atoms with E-state index in [9.17, 15) is 4.79 Å². The minimum absolute atomic E-state index is 0.0277. The van der Waals surface area contributed by atoms with Gasteiger partial charge in [0.15, 0.2) is 5.76 Å². The molecule has 1 aromatic heterocycles. The summed E-state index contributed by atoms with van der Waals surface area (Å²) in [6.07, 6.45) is 1.68. The van der Waals surface area contributed by atoms with Gasteiger partial charge in [0.2, 0.25) is 5.78 Å². The van der Waals surface area contributed by atoms with Gasteiger partial charge in [-0.15, -0.1) is 0 Å². The fraction of sp³-hybridized carbons (Fsp3) is 0.615. The van der Waals surface area contributed by atoms with Crippen LogP contribution in [0.2, 0.25) is 0 Å². The number of rotatable bonds is 3. The van der Waals surface area contributed by atoms with Gasteiger partial charge in [0.05, 0.1) is 24.5 Å². The van der Waals surface area contributed by atoms with E-state index in [4.69, 9.17) is 9.15 Å². The molecule has 0 spiro atoms. The molecule has 17 heavy (non-hydrogen) atoms. The van der Waals surface area contributed by atoms with Crippen molar-refractivity contribution in [1.82, 2.24) is 4.90 Å². The van der Waals surface area contributed by atoms with E-state index in [1.165, 1.54) is 6.26 Å². The van der Waals surface area contributed by atoms with E-state index >= 15 is 0 Å². The Hall–Kier alpha value is -1.13. The summed E-state index contributed by atoms with van der Waals surface area (Å²) in [5, 5.41) is 0. The number of Topliss-reactive ketones (excluding diaryl/α,β-unsaturated/α-hetero) is 1. The smallest absolute Gasteiger partial charge is 0.211 e. The summed E-state index contributed by atoms with van der Waals surface area (Å²) in [7, 11) is 0. The van der Waals surface area contributed by atoms with Crippen molar-refractivity contribution in [1.29, 1.82) is 0 Å². The number of furan rings is 1. The second-order valence-corrected chi connectivity index (χ2v) is 5.26. The van der Waals surface area contributed by atoms with Crippen LogP contribution in [0.15, 0.2) is 22.8 Å². The Morgan fingerprint density at radius 2 is 2.35 bits per heavy atom. The first kappa shape index (κ1) is 12.3. The summed E-state index contributed by atoms with van der Waals surface area (Å²) in [5.41, 5.74) is -0.193. The van der Waals surface area contributed by atoms with Crippen molar-refractivity contribution in [2.24, 2.45) is 0 Å². The van der Waals surface area contributed by atoms with Crippen molar-refractivity contribution in [3.05, 3.63) is 24.2 Å². The van der Waals surface area contributed by atoms with Gasteiger partial charge in [-0.3, -0.25) is 9.69 Å². The maximum Gasteiger partial charge on any atom is 0.211 e. The van der Waals surface area contributed by atoms with Crippen LogP contribution in [0.3, 0.4) is 0 Å². The molecule has 0 aromatic carbocycles. The third-order valence-corrected chi connectivity index (χ3v) is 2.80. The van der Waals surface area contributed by atoms with E-state index in [1.807, 2.05) is 20.8 Å². The first-order valence-corrected chi connectivity index (χ1v) is 5.93. The van der Waals surface area contributed by atoms with Crippen LogP contribution in [-0.2, 0) is 4.74 Å². The average Bonchev–Trinajstić information content (AvgIpc) is 2.65. The quantitative estimate of drug-likeness (QED) is 0.754. The normalized spacial score (nSPS) is 24.8. The van der Waals surface area contributed by atoms with Crippen LogP contribution in [-0.4, -0.2) is 42.0 Å². The third-order valence-electron chi connectivity index (χ3n) is 2.80. The van der Waals surface area contributed by atoms with E-state index < -0.39 is 0 Å². The predicted octanol–water partition coefficient (Wildman–Crippen LogP) is 1.96. The van der Waals surface area contributed by atoms with Crippen molar-refractivity contribution in [3.8, 4) is 0 Å². The lowest BCUT2D eigenvalue weighted by Crippen LogP contribution is -2.53. The summed E-state index contributed by atoms with van der Waals surface area (Å²) in [6.45, 7) is 8.08. The molecule has 2 heterocycles. The van der Waals surface area contributed by atoms with Gasteiger partial charge in [-0.2, -0.15) is 0 Å². The summed E-state index contributed by atoms with van der Waals surface area (Å²) < 4.78 is 10.9. The predicted molar refractivity (Wildman–Crippen MR) is 64.1 cm³/mol. The van der Waals surface area contributed by atoms with Gasteiger partial charge >= 0.3 is 0 Å². The van der Waals surface area contributed by atoms with Gasteiger partial charge in [-0.05, 0) is 32.9 Å². The number of carbonyl (C=O) groups excluding carboxylic acids is 1. The van der Waals surface area contributed by atoms with Crippen molar-refractivity contribution < 1.29 is 13.9 Å². The molecule has 1 saturated heterocycles. The molecule has 0 N–H and O–H groups in total. The number of morpholine rings is 1. The molecule has 0 aliphatic carbocycles. The van der Waals surface area contributed by atoms with Gasteiger partial charge in [0.1, 0.15) is 0 Å². The van der Waals surface area contributed by atoms with E-state index in [0.29, 0.717) is 12.3 Å². The van der Waals surface area contributed by atoms with Crippen molar-refractivity contribution in [2.75, 3.05) is 19.6 Å². The molecule has 0 bridgehead atoms. The lowest BCUT2D eigenvalue weighted by molar-refractivity contribution is -0.126. The summed E-state index contributed by atoms with van der Waals surface area (Å²) in [5.74, 6) is 0.460. The highest BCUT2D eigenvalue weighted by Gasteiger charge is 2.32. The van der Waals surface area contributed by atoms with Crippen LogP contribution in [0.1, 0.15) is 31.3 Å². The van der Waals surface area contributed by atoms with E-state index in [0.717, 1.165) is 13.1 Å². The molecule has 1 atom stereocenters. The second kappa shape index (κ2) is 4.63. The molecular weight excluding hydrogens is 218 g/mol. The number of carbonyl (C=O) groups is 1. The molecule has 94 valence electrons.